The van der Waals surface area contributed by atoms with Crippen LogP contribution in [0, 0.1) is 13.8 Å². The van der Waals surface area contributed by atoms with Gasteiger partial charge in [-0.25, -0.2) is 8.42 Å². The zero-order chi connectivity index (χ0) is 18.7. The summed E-state index contributed by atoms with van der Waals surface area (Å²) >= 11 is 0. The lowest BCUT2D eigenvalue weighted by atomic mass is 10.1. The maximum absolute atomic E-state index is 12.6. The Morgan fingerprint density at radius 2 is 1.69 bits per heavy atom. The Hall–Kier alpha value is -2.38. The lowest BCUT2D eigenvalue weighted by Crippen LogP contribution is -2.46. The van der Waals surface area contributed by atoms with E-state index < -0.39 is 10.0 Å². The normalized spacial score (nSPS) is 14.9. The van der Waals surface area contributed by atoms with Crippen LogP contribution in [0.4, 0.5) is 5.69 Å². The van der Waals surface area contributed by atoms with E-state index in [2.05, 4.69) is 10.0 Å². The van der Waals surface area contributed by atoms with Crippen molar-refractivity contribution in [3.8, 4) is 0 Å². The van der Waals surface area contributed by atoms with Crippen LogP contribution in [0.15, 0.2) is 47.4 Å². The fourth-order valence-corrected chi connectivity index (χ4v) is 4.02. The lowest BCUT2D eigenvalue weighted by molar-refractivity contribution is 0.0735. The molecule has 0 bridgehead atoms. The number of aryl methyl sites for hydroxylation is 1. The fourth-order valence-electron chi connectivity index (χ4n) is 2.89. The molecule has 0 aliphatic carbocycles. The summed E-state index contributed by atoms with van der Waals surface area (Å²) < 4.78 is 27.9. The van der Waals surface area contributed by atoms with E-state index in [0.29, 0.717) is 24.3 Å². The van der Waals surface area contributed by atoms with Gasteiger partial charge in [0.1, 0.15) is 0 Å². The van der Waals surface area contributed by atoms with E-state index in [0.717, 1.165) is 24.2 Å². The van der Waals surface area contributed by atoms with Crippen LogP contribution in [0.3, 0.4) is 0 Å². The monoisotopic (exact) mass is 373 g/mol. The Morgan fingerprint density at radius 1 is 1.04 bits per heavy atom. The molecule has 1 aliphatic heterocycles. The molecule has 1 aliphatic rings. The number of benzene rings is 2. The molecule has 1 saturated heterocycles. The molecule has 0 unspecified atom stereocenters. The standard InChI is InChI=1S/C19H23N3O3S/c1-14-4-3-5-18(15(14)2)21-26(24,25)17-8-6-16(7-9-17)19(23)22-12-10-20-11-13-22/h3-9,20-21H,10-13H2,1-2H3. The van der Waals surface area contributed by atoms with Gasteiger partial charge in [0, 0.05) is 31.7 Å². The van der Waals surface area contributed by atoms with E-state index >= 15 is 0 Å². The van der Waals surface area contributed by atoms with Gasteiger partial charge in [-0.15, -0.1) is 0 Å². The zero-order valence-electron chi connectivity index (χ0n) is 15.0. The van der Waals surface area contributed by atoms with E-state index in [1.165, 1.54) is 12.1 Å². The predicted octanol–water partition coefficient (Wildman–Crippen LogP) is 2.15. The minimum atomic E-state index is -3.70. The smallest absolute Gasteiger partial charge is 0.261 e. The van der Waals surface area contributed by atoms with Gasteiger partial charge in [0.2, 0.25) is 0 Å². The molecule has 2 aromatic carbocycles. The number of piperazine rings is 1. The van der Waals surface area contributed by atoms with E-state index in [-0.39, 0.29) is 10.8 Å². The highest BCUT2D eigenvalue weighted by molar-refractivity contribution is 7.92. The molecule has 3 rings (SSSR count). The molecule has 7 heteroatoms. The molecule has 138 valence electrons. The second kappa shape index (κ2) is 7.47. The van der Waals surface area contributed by atoms with Gasteiger partial charge in [0.25, 0.3) is 15.9 Å². The summed E-state index contributed by atoms with van der Waals surface area (Å²) in [4.78, 5) is 14.4. The van der Waals surface area contributed by atoms with Gasteiger partial charge < -0.3 is 10.2 Å². The van der Waals surface area contributed by atoms with Gasteiger partial charge in [0.05, 0.1) is 10.6 Å². The number of nitrogens with one attached hydrogen (secondary N) is 2. The van der Waals surface area contributed by atoms with Gasteiger partial charge in [-0.3, -0.25) is 9.52 Å². The maximum Gasteiger partial charge on any atom is 0.261 e. The van der Waals surface area contributed by atoms with Crippen molar-refractivity contribution in [1.29, 1.82) is 0 Å². The summed E-state index contributed by atoms with van der Waals surface area (Å²) in [5, 5.41) is 3.20. The Morgan fingerprint density at radius 3 is 2.35 bits per heavy atom. The first-order valence-corrected chi connectivity index (χ1v) is 10.1. The van der Waals surface area contributed by atoms with E-state index in [1.54, 1.807) is 23.1 Å². The lowest BCUT2D eigenvalue weighted by Gasteiger charge is -2.27. The molecule has 0 spiro atoms. The molecule has 6 nitrogen and oxygen atoms in total. The van der Waals surface area contributed by atoms with Crippen LogP contribution in [0.1, 0.15) is 21.5 Å². The number of carbonyl (C=O) groups is 1. The van der Waals surface area contributed by atoms with Crippen LogP contribution < -0.4 is 10.0 Å². The molecular weight excluding hydrogens is 350 g/mol. The van der Waals surface area contributed by atoms with Crippen LogP contribution in [-0.4, -0.2) is 45.4 Å². The number of anilines is 1. The minimum Gasteiger partial charge on any atom is -0.336 e. The van der Waals surface area contributed by atoms with Crippen molar-refractivity contribution in [2.24, 2.45) is 0 Å². The number of amides is 1. The summed E-state index contributed by atoms with van der Waals surface area (Å²) in [6.45, 7) is 6.68. The molecule has 2 aromatic rings. The maximum atomic E-state index is 12.6. The second-order valence-corrected chi connectivity index (χ2v) is 8.10. The van der Waals surface area contributed by atoms with Crippen LogP contribution in [0.5, 0.6) is 0 Å². The molecule has 2 N–H and O–H groups in total. The van der Waals surface area contributed by atoms with Crippen LogP contribution in [0.25, 0.3) is 0 Å². The van der Waals surface area contributed by atoms with Crippen molar-refractivity contribution >= 4 is 21.6 Å². The summed E-state index contributed by atoms with van der Waals surface area (Å²) in [5.74, 6) is -0.0714. The van der Waals surface area contributed by atoms with Gasteiger partial charge in [0.15, 0.2) is 0 Å². The molecule has 1 heterocycles. The predicted molar refractivity (Wildman–Crippen MR) is 102 cm³/mol. The third-order valence-corrected chi connectivity index (χ3v) is 6.05. The van der Waals surface area contributed by atoms with E-state index in [9.17, 15) is 13.2 Å². The summed E-state index contributed by atoms with van der Waals surface area (Å²) in [7, 11) is -3.70. The first-order valence-electron chi connectivity index (χ1n) is 8.57. The SMILES string of the molecule is Cc1cccc(NS(=O)(=O)c2ccc(C(=O)N3CCNCC3)cc2)c1C. The molecule has 0 saturated carbocycles. The number of nitrogens with zero attached hydrogens (tertiary/aromatic N) is 1. The minimum absolute atomic E-state index is 0.0714. The Balaban J connectivity index is 1.78. The molecule has 26 heavy (non-hydrogen) atoms. The Bertz CT molecular complexity index is 902. The van der Waals surface area contributed by atoms with Gasteiger partial charge in [-0.1, -0.05) is 12.1 Å². The average Bonchev–Trinajstić information content (AvgIpc) is 2.65. The molecule has 0 atom stereocenters. The van der Waals surface area contributed by atoms with E-state index in [1.807, 2.05) is 26.0 Å². The largest absolute Gasteiger partial charge is 0.336 e. The van der Waals surface area contributed by atoms with Crippen molar-refractivity contribution < 1.29 is 13.2 Å². The van der Waals surface area contributed by atoms with Crippen LogP contribution in [-0.2, 0) is 10.0 Å². The number of sulfonamides is 1. The van der Waals surface area contributed by atoms with Crippen molar-refractivity contribution in [3.63, 3.8) is 0 Å². The molecule has 1 amide bonds. The van der Waals surface area contributed by atoms with Crippen molar-refractivity contribution in [2.75, 3.05) is 30.9 Å². The highest BCUT2D eigenvalue weighted by Gasteiger charge is 2.20. The first-order chi connectivity index (χ1) is 12.4. The van der Waals surface area contributed by atoms with Crippen molar-refractivity contribution in [2.45, 2.75) is 18.7 Å². The van der Waals surface area contributed by atoms with Gasteiger partial charge >= 0.3 is 0 Å². The number of carbonyl (C=O) groups excluding carboxylic acids is 1. The molecule has 0 aromatic heterocycles. The Labute approximate surface area is 154 Å². The average molecular weight is 373 g/mol. The number of hydrogen-bond acceptors (Lipinski definition) is 4. The summed E-state index contributed by atoms with van der Waals surface area (Å²) in [6, 6.07) is 11.6. The quantitative estimate of drug-likeness (QED) is 0.861. The van der Waals surface area contributed by atoms with Gasteiger partial charge in [-0.2, -0.15) is 0 Å². The van der Waals surface area contributed by atoms with Gasteiger partial charge in [-0.05, 0) is 55.3 Å². The summed E-state index contributed by atoms with van der Waals surface area (Å²) in [6.07, 6.45) is 0. The van der Waals surface area contributed by atoms with Crippen molar-refractivity contribution in [1.82, 2.24) is 10.2 Å². The van der Waals surface area contributed by atoms with Crippen LogP contribution in [0.2, 0.25) is 0 Å². The highest BCUT2D eigenvalue weighted by atomic mass is 32.2. The molecule has 1 fully saturated rings. The number of hydrogen-bond donors (Lipinski definition) is 2. The first kappa shape index (κ1) is 18.4. The second-order valence-electron chi connectivity index (χ2n) is 6.42. The highest BCUT2D eigenvalue weighted by Crippen LogP contribution is 2.22. The number of rotatable bonds is 4. The van der Waals surface area contributed by atoms with Crippen molar-refractivity contribution in [3.05, 3.63) is 59.2 Å². The Kier molecular flexibility index (Phi) is 5.29. The third-order valence-electron chi connectivity index (χ3n) is 4.66. The topological polar surface area (TPSA) is 78.5 Å². The summed E-state index contributed by atoms with van der Waals surface area (Å²) in [5.41, 5.74) is 2.97. The zero-order valence-corrected chi connectivity index (χ0v) is 15.8. The fraction of sp³-hybridized carbons (Fsp3) is 0.316. The van der Waals surface area contributed by atoms with Crippen LogP contribution >= 0.6 is 0 Å². The molecular formula is C19H23N3O3S. The third kappa shape index (κ3) is 3.89. The van der Waals surface area contributed by atoms with E-state index in [4.69, 9.17) is 0 Å². The molecule has 0 radical (unpaired) electrons.